The smallest absolute Gasteiger partial charge is 0.323 e. The van der Waals surface area contributed by atoms with Crippen LogP contribution in [0.5, 0.6) is 0 Å². The molecule has 1 aromatic carbocycles. The lowest BCUT2D eigenvalue weighted by atomic mass is 10.1. The molecule has 0 fully saturated rings. The van der Waals surface area contributed by atoms with Crippen LogP contribution in [0, 0.1) is 0 Å². The fraction of sp³-hybridized carbons (Fsp3) is 0.300. The van der Waals surface area contributed by atoms with Crippen molar-refractivity contribution in [2.45, 2.75) is 11.4 Å². The molecule has 3 nitrogen and oxygen atoms in total. The molecule has 0 saturated heterocycles. The van der Waals surface area contributed by atoms with Gasteiger partial charge in [0, 0.05) is 0 Å². The van der Waals surface area contributed by atoms with Crippen molar-refractivity contribution in [3.05, 3.63) is 35.4 Å². The maximum atomic E-state index is 11.1. The van der Waals surface area contributed by atoms with Gasteiger partial charge in [-0.1, -0.05) is 40.2 Å². The molecule has 0 aromatic heterocycles. The summed E-state index contributed by atoms with van der Waals surface area (Å²) in [6.07, 6.45) is 0. The number of aliphatic hydroxyl groups excluding tert-OH is 1. The second-order valence-electron chi connectivity index (χ2n) is 2.79. The number of esters is 1. The largest absolute Gasteiger partial charge is 0.468 e. The summed E-state index contributed by atoms with van der Waals surface area (Å²) in [6.45, 7) is 0.00541. The number of hydrogen-bond acceptors (Lipinski definition) is 3. The predicted octanol–water partition coefficient (Wildman–Crippen LogP) is 1.79. The van der Waals surface area contributed by atoms with E-state index >= 15 is 0 Å². The molecule has 0 radical (unpaired) electrons. The Bertz CT molecular complexity index is 308. The standard InChI is InChI=1S/C10H11BrO3/c1-14-10(13)9(11)8-4-2-7(6-12)3-5-8/h2-5,9,12H,6H2,1H3. The quantitative estimate of drug-likeness (QED) is 0.665. The lowest BCUT2D eigenvalue weighted by molar-refractivity contribution is -0.139. The first-order chi connectivity index (χ1) is 6.69. The van der Waals surface area contributed by atoms with Crippen LogP contribution in [0.2, 0.25) is 0 Å². The van der Waals surface area contributed by atoms with E-state index in [-0.39, 0.29) is 12.6 Å². The molecule has 1 rings (SSSR count). The fourth-order valence-electron chi connectivity index (χ4n) is 1.03. The average Bonchev–Trinajstić information content (AvgIpc) is 2.27. The molecule has 76 valence electrons. The van der Waals surface area contributed by atoms with Crippen LogP contribution in [0.15, 0.2) is 24.3 Å². The number of ether oxygens (including phenoxy) is 1. The number of halogens is 1. The van der Waals surface area contributed by atoms with Gasteiger partial charge in [0.1, 0.15) is 4.83 Å². The summed E-state index contributed by atoms with van der Waals surface area (Å²) in [5.41, 5.74) is 1.63. The van der Waals surface area contributed by atoms with Crippen LogP contribution in [-0.4, -0.2) is 18.2 Å². The van der Waals surface area contributed by atoms with Gasteiger partial charge in [-0.3, -0.25) is 4.79 Å². The minimum atomic E-state index is -0.444. The summed E-state index contributed by atoms with van der Waals surface area (Å²) >= 11 is 3.22. The lowest BCUT2D eigenvalue weighted by Gasteiger charge is -2.07. The molecule has 0 amide bonds. The third kappa shape index (κ3) is 2.56. The second-order valence-corrected chi connectivity index (χ2v) is 3.70. The summed E-state index contributed by atoms with van der Waals surface area (Å²) in [7, 11) is 1.35. The SMILES string of the molecule is COC(=O)C(Br)c1ccc(CO)cc1. The van der Waals surface area contributed by atoms with Crippen LogP contribution in [0.3, 0.4) is 0 Å². The maximum Gasteiger partial charge on any atom is 0.323 e. The number of hydrogen-bond donors (Lipinski definition) is 1. The molecule has 0 aliphatic rings. The monoisotopic (exact) mass is 258 g/mol. The van der Waals surface area contributed by atoms with Crippen molar-refractivity contribution in [1.82, 2.24) is 0 Å². The summed E-state index contributed by atoms with van der Waals surface area (Å²) in [5, 5.41) is 8.82. The van der Waals surface area contributed by atoms with Crippen molar-refractivity contribution in [1.29, 1.82) is 0 Å². The summed E-state index contributed by atoms with van der Waals surface area (Å²) in [4.78, 5) is 10.7. The minimum Gasteiger partial charge on any atom is -0.468 e. The van der Waals surface area contributed by atoms with Crippen LogP contribution >= 0.6 is 15.9 Å². The van der Waals surface area contributed by atoms with Crippen molar-refractivity contribution in [2.24, 2.45) is 0 Å². The van der Waals surface area contributed by atoms with Gasteiger partial charge >= 0.3 is 5.97 Å². The van der Waals surface area contributed by atoms with Crippen LogP contribution in [0.4, 0.5) is 0 Å². The van der Waals surface area contributed by atoms with E-state index in [0.717, 1.165) is 11.1 Å². The molecule has 14 heavy (non-hydrogen) atoms. The highest BCUT2D eigenvalue weighted by Crippen LogP contribution is 2.24. The number of rotatable bonds is 3. The Hall–Kier alpha value is -0.870. The lowest BCUT2D eigenvalue weighted by Crippen LogP contribution is -2.08. The van der Waals surface area contributed by atoms with E-state index in [2.05, 4.69) is 20.7 Å². The summed E-state index contributed by atoms with van der Waals surface area (Å²) < 4.78 is 4.59. The fourth-order valence-corrected chi connectivity index (χ4v) is 1.52. The van der Waals surface area contributed by atoms with Crippen LogP contribution < -0.4 is 0 Å². The number of carbonyl (C=O) groups excluding carboxylic acids is 1. The molecule has 1 N–H and O–H groups in total. The van der Waals surface area contributed by atoms with Crippen LogP contribution in [0.25, 0.3) is 0 Å². The maximum absolute atomic E-state index is 11.1. The first-order valence-electron chi connectivity index (χ1n) is 4.10. The molecular weight excluding hydrogens is 248 g/mol. The van der Waals surface area contributed by atoms with E-state index in [4.69, 9.17) is 5.11 Å². The number of alkyl halides is 1. The number of methoxy groups -OCH3 is 1. The van der Waals surface area contributed by atoms with E-state index in [0.29, 0.717) is 0 Å². The Morgan fingerprint density at radius 1 is 1.50 bits per heavy atom. The molecule has 0 bridgehead atoms. The Morgan fingerprint density at radius 2 is 2.07 bits per heavy atom. The average molecular weight is 259 g/mol. The highest BCUT2D eigenvalue weighted by atomic mass is 79.9. The van der Waals surface area contributed by atoms with Crippen molar-refractivity contribution >= 4 is 21.9 Å². The van der Waals surface area contributed by atoms with Gasteiger partial charge < -0.3 is 9.84 Å². The Balaban J connectivity index is 2.81. The van der Waals surface area contributed by atoms with Crippen molar-refractivity contribution in [2.75, 3.05) is 7.11 Å². The predicted molar refractivity (Wildman–Crippen MR) is 56.0 cm³/mol. The van der Waals surface area contributed by atoms with Crippen LogP contribution in [0.1, 0.15) is 16.0 Å². The van der Waals surface area contributed by atoms with Crippen molar-refractivity contribution in [3.63, 3.8) is 0 Å². The highest BCUT2D eigenvalue weighted by molar-refractivity contribution is 9.09. The second kappa shape index (κ2) is 5.12. The van der Waals surface area contributed by atoms with Crippen molar-refractivity contribution < 1.29 is 14.6 Å². The zero-order valence-corrected chi connectivity index (χ0v) is 9.32. The van der Waals surface area contributed by atoms with Crippen LogP contribution in [-0.2, 0) is 16.1 Å². The minimum absolute atomic E-state index is 0.00541. The highest BCUT2D eigenvalue weighted by Gasteiger charge is 2.16. The summed E-state index contributed by atoms with van der Waals surface area (Å²) in [6, 6.07) is 7.10. The zero-order valence-electron chi connectivity index (χ0n) is 7.74. The van der Waals surface area contributed by atoms with E-state index < -0.39 is 4.83 Å². The molecule has 4 heteroatoms. The number of benzene rings is 1. The van der Waals surface area contributed by atoms with Gasteiger partial charge in [-0.05, 0) is 11.1 Å². The van der Waals surface area contributed by atoms with E-state index in [1.807, 2.05) is 0 Å². The van der Waals surface area contributed by atoms with Gasteiger partial charge in [-0.25, -0.2) is 0 Å². The molecule has 0 saturated carbocycles. The molecule has 0 heterocycles. The van der Waals surface area contributed by atoms with Gasteiger partial charge in [-0.15, -0.1) is 0 Å². The Kier molecular flexibility index (Phi) is 4.10. The molecule has 1 unspecified atom stereocenters. The topological polar surface area (TPSA) is 46.5 Å². The van der Waals surface area contributed by atoms with Gasteiger partial charge in [0.2, 0.25) is 0 Å². The van der Waals surface area contributed by atoms with Crippen molar-refractivity contribution in [3.8, 4) is 0 Å². The first kappa shape index (κ1) is 11.2. The zero-order chi connectivity index (χ0) is 10.6. The normalized spacial score (nSPS) is 12.2. The summed E-state index contributed by atoms with van der Waals surface area (Å²) in [5.74, 6) is -0.332. The molecular formula is C10H11BrO3. The van der Waals surface area contributed by atoms with E-state index in [9.17, 15) is 4.79 Å². The first-order valence-corrected chi connectivity index (χ1v) is 5.02. The van der Waals surface area contributed by atoms with E-state index in [1.165, 1.54) is 7.11 Å². The van der Waals surface area contributed by atoms with E-state index in [1.54, 1.807) is 24.3 Å². The molecule has 1 atom stereocenters. The Labute approximate surface area is 90.8 Å². The number of carbonyl (C=O) groups is 1. The van der Waals surface area contributed by atoms with Gasteiger partial charge in [0.25, 0.3) is 0 Å². The van der Waals surface area contributed by atoms with Gasteiger partial charge in [0.15, 0.2) is 0 Å². The molecule has 0 spiro atoms. The molecule has 1 aromatic rings. The third-order valence-corrected chi connectivity index (χ3v) is 2.77. The van der Waals surface area contributed by atoms with Gasteiger partial charge in [0.05, 0.1) is 13.7 Å². The Morgan fingerprint density at radius 3 is 2.50 bits per heavy atom. The third-order valence-electron chi connectivity index (χ3n) is 1.86. The number of aliphatic hydroxyl groups is 1. The van der Waals surface area contributed by atoms with Gasteiger partial charge in [-0.2, -0.15) is 0 Å². The molecule has 0 aliphatic carbocycles. The molecule has 0 aliphatic heterocycles.